The molecule has 0 bridgehead atoms. The van der Waals surface area contributed by atoms with Gasteiger partial charge in [0.2, 0.25) is 10.0 Å². The van der Waals surface area contributed by atoms with Crippen molar-refractivity contribution in [3.63, 3.8) is 0 Å². The van der Waals surface area contributed by atoms with Gasteiger partial charge in [-0.05, 0) is 45.2 Å². The zero-order valence-corrected chi connectivity index (χ0v) is 17.5. The third-order valence-corrected chi connectivity index (χ3v) is 6.67. The van der Waals surface area contributed by atoms with E-state index in [0.29, 0.717) is 5.65 Å². The second-order valence-corrected chi connectivity index (χ2v) is 10.2. The standard InChI is InChI=1S/C21H26N4O2S/c1-15-8-10-16(11-9-15)21(12-6-13-21)19-23-22-18-17(7-5-14-25(18)19)20(2,3)24-28(4,26)27/h5,7-11,14,24H,6,12-13H2,1-4H3. The minimum absolute atomic E-state index is 0.139. The summed E-state index contributed by atoms with van der Waals surface area (Å²) in [5.41, 5.74) is 3.06. The minimum Gasteiger partial charge on any atom is -0.285 e. The normalized spacial score (nSPS) is 16.9. The first-order valence-corrected chi connectivity index (χ1v) is 11.4. The van der Waals surface area contributed by atoms with Crippen LogP contribution in [0.2, 0.25) is 0 Å². The number of pyridine rings is 1. The van der Waals surface area contributed by atoms with Crippen molar-refractivity contribution in [3.8, 4) is 0 Å². The summed E-state index contributed by atoms with van der Waals surface area (Å²) in [6, 6.07) is 12.5. The molecule has 28 heavy (non-hydrogen) atoms. The lowest BCUT2D eigenvalue weighted by molar-refractivity contribution is 0.283. The van der Waals surface area contributed by atoms with Gasteiger partial charge in [0.05, 0.1) is 17.2 Å². The number of benzene rings is 1. The largest absolute Gasteiger partial charge is 0.285 e. The molecule has 1 aromatic carbocycles. The maximum Gasteiger partial charge on any atom is 0.209 e. The summed E-state index contributed by atoms with van der Waals surface area (Å²) in [4.78, 5) is 0. The molecule has 1 aliphatic rings. The van der Waals surface area contributed by atoms with Crippen LogP contribution in [0.1, 0.15) is 55.6 Å². The Morgan fingerprint density at radius 3 is 2.36 bits per heavy atom. The Kier molecular flexibility index (Phi) is 4.35. The molecule has 6 nitrogen and oxygen atoms in total. The Morgan fingerprint density at radius 2 is 1.79 bits per heavy atom. The molecule has 2 heterocycles. The van der Waals surface area contributed by atoms with Crippen molar-refractivity contribution in [3.05, 3.63) is 65.1 Å². The molecule has 4 rings (SSSR count). The van der Waals surface area contributed by atoms with Crippen molar-refractivity contribution in [2.45, 2.75) is 51.0 Å². The van der Waals surface area contributed by atoms with Crippen molar-refractivity contribution in [2.75, 3.05) is 6.26 Å². The second-order valence-electron chi connectivity index (χ2n) is 8.44. The fourth-order valence-electron chi connectivity index (χ4n) is 4.29. The van der Waals surface area contributed by atoms with Gasteiger partial charge in [0.15, 0.2) is 5.65 Å². The Balaban J connectivity index is 1.86. The molecule has 0 amide bonds. The summed E-state index contributed by atoms with van der Waals surface area (Å²) in [6.07, 6.45) is 6.37. The molecule has 7 heteroatoms. The molecule has 0 spiro atoms. The monoisotopic (exact) mass is 398 g/mol. The fourth-order valence-corrected chi connectivity index (χ4v) is 5.33. The first-order valence-electron chi connectivity index (χ1n) is 9.53. The number of hydrogen-bond donors (Lipinski definition) is 1. The van der Waals surface area contributed by atoms with Crippen molar-refractivity contribution in [2.24, 2.45) is 0 Å². The number of sulfonamides is 1. The van der Waals surface area contributed by atoms with E-state index in [-0.39, 0.29) is 5.41 Å². The summed E-state index contributed by atoms with van der Waals surface area (Å²) in [6.45, 7) is 5.78. The van der Waals surface area contributed by atoms with Gasteiger partial charge in [0.1, 0.15) is 5.82 Å². The lowest BCUT2D eigenvalue weighted by Gasteiger charge is -2.41. The van der Waals surface area contributed by atoms with Crippen LogP contribution in [0.25, 0.3) is 5.65 Å². The maximum absolute atomic E-state index is 11.8. The third kappa shape index (κ3) is 3.12. The molecule has 0 aliphatic heterocycles. The summed E-state index contributed by atoms with van der Waals surface area (Å²) in [7, 11) is -3.37. The van der Waals surface area contributed by atoms with E-state index in [1.54, 1.807) is 0 Å². The van der Waals surface area contributed by atoms with Crippen LogP contribution in [0.3, 0.4) is 0 Å². The fraction of sp³-hybridized carbons (Fsp3) is 0.429. The predicted octanol–water partition coefficient (Wildman–Crippen LogP) is 3.29. The molecule has 0 radical (unpaired) electrons. The van der Waals surface area contributed by atoms with E-state index in [4.69, 9.17) is 0 Å². The highest BCUT2D eigenvalue weighted by Crippen LogP contribution is 2.48. The Bertz CT molecular complexity index is 1130. The molecule has 148 valence electrons. The first kappa shape index (κ1) is 19.1. The Hall–Kier alpha value is -2.25. The molecule has 0 saturated heterocycles. The van der Waals surface area contributed by atoms with Gasteiger partial charge in [-0.25, -0.2) is 13.1 Å². The summed E-state index contributed by atoms with van der Waals surface area (Å²) >= 11 is 0. The van der Waals surface area contributed by atoms with E-state index in [1.807, 2.05) is 36.6 Å². The van der Waals surface area contributed by atoms with Crippen LogP contribution in [0.15, 0.2) is 42.6 Å². The highest BCUT2D eigenvalue weighted by atomic mass is 32.2. The number of aryl methyl sites for hydroxylation is 1. The quantitative estimate of drug-likeness (QED) is 0.715. The third-order valence-electron chi connectivity index (χ3n) is 5.79. The maximum atomic E-state index is 11.8. The van der Waals surface area contributed by atoms with Crippen LogP contribution < -0.4 is 4.72 Å². The lowest BCUT2D eigenvalue weighted by Crippen LogP contribution is -2.41. The number of rotatable bonds is 5. The first-order chi connectivity index (χ1) is 13.1. The minimum atomic E-state index is -3.37. The average molecular weight is 399 g/mol. The zero-order valence-electron chi connectivity index (χ0n) is 16.7. The van der Waals surface area contributed by atoms with Crippen LogP contribution in [-0.2, 0) is 21.0 Å². The van der Waals surface area contributed by atoms with Gasteiger partial charge in [-0.2, -0.15) is 0 Å². The van der Waals surface area contributed by atoms with Gasteiger partial charge in [-0.3, -0.25) is 4.40 Å². The van der Waals surface area contributed by atoms with Crippen molar-refractivity contribution in [1.29, 1.82) is 0 Å². The van der Waals surface area contributed by atoms with E-state index in [0.717, 1.165) is 30.7 Å². The smallest absolute Gasteiger partial charge is 0.209 e. The molecule has 1 saturated carbocycles. The van der Waals surface area contributed by atoms with E-state index in [2.05, 4.69) is 46.1 Å². The van der Waals surface area contributed by atoms with E-state index >= 15 is 0 Å². The van der Waals surface area contributed by atoms with E-state index in [9.17, 15) is 8.42 Å². The van der Waals surface area contributed by atoms with Crippen LogP contribution in [0.4, 0.5) is 0 Å². The average Bonchev–Trinajstić information content (AvgIpc) is 2.98. The topological polar surface area (TPSA) is 76.4 Å². The highest BCUT2D eigenvalue weighted by molar-refractivity contribution is 7.88. The van der Waals surface area contributed by atoms with Crippen molar-refractivity contribution < 1.29 is 8.42 Å². The van der Waals surface area contributed by atoms with Crippen molar-refractivity contribution >= 4 is 15.7 Å². The molecular weight excluding hydrogens is 372 g/mol. The molecule has 0 unspecified atom stereocenters. The molecule has 1 N–H and O–H groups in total. The number of aromatic nitrogens is 3. The van der Waals surface area contributed by atoms with Gasteiger partial charge in [0.25, 0.3) is 0 Å². The van der Waals surface area contributed by atoms with Crippen LogP contribution in [0, 0.1) is 6.92 Å². The summed E-state index contributed by atoms with van der Waals surface area (Å²) < 4.78 is 28.4. The van der Waals surface area contributed by atoms with Gasteiger partial charge in [0, 0.05) is 11.8 Å². The molecule has 0 atom stereocenters. The number of fused-ring (bicyclic) bond motifs is 1. The van der Waals surface area contributed by atoms with Gasteiger partial charge < -0.3 is 0 Å². The number of nitrogens with zero attached hydrogens (tertiary/aromatic N) is 3. The number of hydrogen-bond acceptors (Lipinski definition) is 4. The highest BCUT2D eigenvalue weighted by Gasteiger charge is 2.44. The Morgan fingerprint density at radius 1 is 1.11 bits per heavy atom. The van der Waals surface area contributed by atoms with Crippen LogP contribution in [0.5, 0.6) is 0 Å². The van der Waals surface area contributed by atoms with E-state index in [1.165, 1.54) is 17.4 Å². The lowest BCUT2D eigenvalue weighted by atomic mass is 9.63. The summed E-state index contributed by atoms with van der Waals surface area (Å²) in [5.74, 6) is 0.926. The van der Waals surface area contributed by atoms with Gasteiger partial charge in [-0.1, -0.05) is 42.3 Å². The molecule has 1 fully saturated rings. The van der Waals surface area contributed by atoms with Gasteiger partial charge in [-0.15, -0.1) is 10.2 Å². The Labute approximate surface area is 166 Å². The predicted molar refractivity (Wildman–Crippen MR) is 110 cm³/mol. The van der Waals surface area contributed by atoms with Crippen LogP contribution >= 0.6 is 0 Å². The van der Waals surface area contributed by atoms with E-state index < -0.39 is 15.6 Å². The molecule has 1 aliphatic carbocycles. The SMILES string of the molecule is Cc1ccc(C2(c3nnc4c(C(C)(C)NS(C)(=O)=O)cccn34)CCC2)cc1. The van der Waals surface area contributed by atoms with Crippen LogP contribution in [-0.4, -0.2) is 29.3 Å². The molecule has 2 aromatic heterocycles. The summed E-state index contributed by atoms with van der Waals surface area (Å²) in [5, 5.41) is 9.08. The molecular formula is C21H26N4O2S. The molecule has 3 aromatic rings. The second kappa shape index (κ2) is 6.39. The van der Waals surface area contributed by atoms with Crippen molar-refractivity contribution in [1.82, 2.24) is 19.3 Å². The zero-order chi connectivity index (χ0) is 20.2. The number of nitrogens with one attached hydrogen (secondary N) is 1. The van der Waals surface area contributed by atoms with Gasteiger partial charge >= 0.3 is 0 Å².